The van der Waals surface area contributed by atoms with Crippen LogP contribution in [0.5, 0.6) is 11.5 Å². The summed E-state index contributed by atoms with van der Waals surface area (Å²) in [4.78, 5) is 27.7. The van der Waals surface area contributed by atoms with Gasteiger partial charge in [-0.15, -0.1) is 0 Å². The molecule has 182 valence electrons. The minimum atomic E-state index is -0.620. The van der Waals surface area contributed by atoms with Gasteiger partial charge in [0.05, 0.1) is 5.92 Å². The van der Waals surface area contributed by atoms with Gasteiger partial charge in [-0.05, 0) is 62.7 Å². The molecule has 35 heavy (non-hydrogen) atoms. The van der Waals surface area contributed by atoms with Gasteiger partial charge in [-0.3, -0.25) is 4.79 Å². The van der Waals surface area contributed by atoms with E-state index in [9.17, 15) is 14.0 Å². The van der Waals surface area contributed by atoms with Crippen molar-refractivity contribution in [3.8, 4) is 11.5 Å². The smallest absolute Gasteiger partial charge is 0.410 e. The number of halogens is 1. The molecule has 0 unspecified atom stereocenters. The highest BCUT2D eigenvalue weighted by Gasteiger charge is 2.41. The summed E-state index contributed by atoms with van der Waals surface area (Å²) in [5.41, 5.74) is 0.939. The van der Waals surface area contributed by atoms with Crippen LogP contribution < -0.4 is 10.1 Å². The van der Waals surface area contributed by atoms with Crippen molar-refractivity contribution >= 4 is 17.7 Å². The molecule has 3 aromatic rings. The first-order valence-electron chi connectivity index (χ1n) is 11.6. The largest absolute Gasteiger partial charge is 0.457 e. The number of anilines is 1. The average Bonchev–Trinajstić information content (AvgIpc) is 3.26. The first kappa shape index (κ1) is 24.3. The average molecular weight is 477 g/mol. The SMILES string of the molecule is CC(C)(C)OC(=O)N1C[C@@H](C(=O)Nc2cccc(Oc3ccc(F)cc3)c2)[C@H](c2ccccc2)C1. The van der Waals surface area contributed by atoms with Crippen molar-refractivity contribution in [2.45, 2.75) is 32.3 Å². The van der Waals surface area contributed by atoms with E-state index in [1.165, 1.54) is 24.3 Å². The number of nitrogens with one attached hydrogen (secondary N) is 1. The monoisotopic (exact) mass is 476 g/mol. The zero-order valence-corrected chi connectivity index (χ0v) is 20.0. The Bertz CT molecular complexity index is 1180. The van der Waals surface area contributed by atoms with Crippen molar-refractivity contribution in [3.05, 3.63) is 90.2 Å². The lowest BCUT2D eigenvalue weighted by Gasteiger charge is -2.24. The molecule has 3 aromatic carbocycles. The summed E-state index contributed by atoms with van der Waals surface area (Å²) < 4.78 is 24.5. The Kier molecular flexibility index (Phi) is 7.05. The number of hydrogen-bond acceptors (Lipinski definition) is 4. The Balaban J connectivity index is 1.50. The fourth-order valence-corrected chi connectivity index (χ4v) is 4.09. The molecule has 0 aromatic heterocycles. The van der Waals surface area contributed by atoms with Crippen LogP contribution in [0.25, 0.3) is 0 Å². The molecule has 1 saturated heterocycles. The van der Waals surface area contributed by atoms with E-state index >= 15 is 0 Å². The van der Waals surface area contributed by atoms with Gasteiger partial charge in [0.2, 0.25) is 5.91 Å². The molecule has 1 fully saturated rings. The Hall–Kier alpha value is -3.87. The molecule has 1 aliphatic heterocycles. The number of carbonyl (C=O) groups excluding carboxylic acids is 2. The van der Waals surface area contributed by atoms with Gasteiger partial charge >= 0.3 is 6.09 Å². The quantitative estimate of drug-likeness (QED) is 0.476. The van der Waals surface area contributed by atoms with Crippen molar-refractivity contribution in [2.24, 2.45) is 5.92 Å². The maximum absolute atomic E-state index is 13.4. The van der Waals surface area contributed by atoms with E-state index in [2.05, 4.69) is 5.32 Å². The van der Waals surface area contributed by atoms with Crippen molar-refractivity contribution in [3.63, 3.8) is 0 Å². The zero-order valence-electron chi connectivity index (χ0n) is 20.0. The van der Waals surface area contributed by atoms with Crippen LogP contribution in [0.3, 0.4) is 0 Å². The van der Waals surface area contributed by atoms with Gasteiger partial charge < -0.3 is 19.7 Å². The third-order valence-corrected chi connectivity index (χ3v) is 5.69. The second kappa shape index (κ2) is 10.2. The second-order valence-corrected chi connectivity index (χ2v) is 9.58. The topological polar surface area (TPSA) is 67.9 Å². The molecule has 6 nitrogen and oxygen atoms in total. The molecule has 1 N–H and O–H groups in total. The molecule has 1 aliphatic rings. The predicted octanol–water partition coefficient (Wildman–Crippen LogP) is 6.21. The first-order valence-corrected chi connectivity index (χ1v) is 11.6. The zero-order chi connectivity index (χ0) is 25.0. The van der Waals surface area contributed by atoms with Crippen LogP contribution in [0.2, 0.25) is 0 Å². The summed E-state index contributed by atoms with van der Waals surface area (Å²) in [6.07, 6.45) is -0.427. The lowest BCUT2D eigenvalue weighted by atomic mass is 9.88. The van der Waals surface area contributed by atoms with Gasteiger partial charge in [-0.25, -0.2) is 9.18 Å². The van der Waals surface area contributed by atoms with E-state index in [0.29, 0.717) is 23.7 Å². The maximum Gasteiger partial charge on any atom is 0.410 e. The Morgan fingerprint density at radius 3 is 2.31 bits per heavy atom. The Labute approximate surface area is 204 Å². The normalized spacial score (nSPS) is 17.7. The van der Waals surface area contributed by atoms with Crippen LogP contribution in [0.15, 0.2) is 78.9 Å². The van der Waals surface area contributed by atoms with Gasteiger partial charge in [0.25, 0.3) is 0 Å². The van der Waals surface area contributed by atoms with E-state index in [1.807, 2.05) is 51.1 Å². The summed E-state index contributed by atoms with van der Waals surface area (Å²) in [6.45, 7) is 6.11. The number of carbonyl (C=O) groups is 2. The van der Waals surface area contributed by atoms with E-state index in [-0.39, 0.29) is 24.2 Å². The van der Waals surface area contributed by atoms with Crippen LogP contribution in [0.4, 0.5) is 14.9 Å². The van der Waals surface area contributed by atoms with Crippen LogP contribution in [0.1, 0.15) is 32.3 Å². The molecule has 0 aliphatic carbocycles. The van der Waals surface area contributed by atoms with Crippen LogP contribution >= 0.6 is 0 Å². The van der Waals surface area contributed by atoms with Gasteiger partial charge in [0, 0.05) is 30.8 Å². The summed E-state index contributed by atoms with van der Waals surface area (Å²) >= 11 is 0. The summed E-state index contributed by atoms with van der Waals surface area (Å²) in [5, 5.41) is 2.97. The minimum absolute atomic E-state index is 0.164. The number of nitrogens with zero attached hydrogens (tertiary/aromatic N) is 1. The number of hydrogen-bond donors (Lipinski definition) is 1. The fourth-order valence-electron chi connectivity index (χ4n) is 4.09. The number of benzene rings is 3. The van der Waals surface area contributed by atoms with Crippen molar-refractivity contribution in [1.82, 2.24) is 4.90 Å². The van der Waals surface area contributed by atoms with E-state index in [4.69, 9.17) is 9.47 Å². The second-order valence-electron chi connectivity index (χ2n) is 9.58. The van der Waals surface area contributed by atoms with Crippen molar-refractivity contribution in [1.29, 1.82) is 0 Å². The van der Waals surface area contributed by atoms with Crippen LogP contribution in [-0.2, 0) is 9.53 Å². The summed E-state index contributed by atoms with van der Waals surface area (Å²) in [7, 11) is 0. The van der Waals surface area contributed by atoms with Gasteiger partial charge in [0.1, 0.15) is 22.9 Å². The first-order chi connectivity index (χ1) is 16.7. The molecule has 1 heterocycles. The lowest BCUT2D eigenvalue weighted by Crippen LogP contribution is -2.36. The molecular formula is C28H29FN2O4. The summed E-state index contributed by atoms with van der Waals surface area (Å²) in [6, 6.07) is 22.4. The number of rotatable bonds is 5. The van der Waals surface area contributed by atoms with Gasteiger partial charge in [0.15, 0.2) is 0 Å². The van der Waals surface area contributed by atoms with Crippen LogP contribution in [-0.4, -0.2) is 35.6 Å². The van der Waals surface area contributed by atoms with Crippen molar-refractivity contribution in [2.75, 3.05) is 18.4 Å². The highest BCUT2D eigenvalue weighted by Crippen LogP contribution is 2.35. The molecular weight excluding hydrogens is 447 g/mol. The minimum Gasteiger partial charge on any atom is -0.457 e. The highest BCUT2D eigenvalue weighted by atomic mass is 19.1. The van der Waals surface area contributed by atoms with E-state index in [0.717, 1.165) is 5.56 Å². The molecule has 0 spiro atoms. The highest BCUT2D eigenvalue weighted by molar-refractivity contribution is 5.94. The third-order valence-electron chi connectivity index (χ3n) is 5.69. The molecule has 0 radical (unpaired) electrons. The van der Waals surface area contributed by atoms with Gasteiger partial charge in [-0.1, -0.05) is 36.4 Å². The fraction of sp³-hybridized carbons (Fsp3) is 0.286. The number of amides is 2. The molecule has 0 bridgehead atoms. The van der Waals surface area contributed by atoms with Crippen molar-refractivity contribution < 1.29 is 23.5 Å². The third kappa shape index (κ3) is 6.38. The number of ether oxygens (including phenoxy) is 2. The van der Waals surface area contributed by atoms with Gasteiger partial charge in [-0.2, -0.15) is 0 Å². The predicted molar refractivity (Wildman–Crippen MR) is 132 cm³/mol. The molecule has 2 amide bonds. The lowest BCUT2D eigenvalue weighted by molar-refractivity contribution is -0.119. The molecule has 0 saturated carbocycles. The molecule has 4 rings (SSSR count). The van der Waals surface area contributed by atoms with E-state index in [1.54, 1.807) is 29.2 Å². The summed E-state index contributed by atoms with van der Waals surface area (Å²) in [5.74, 6) is -0.153. The number of likely N-dealkylation sites (tertiary alicyclic amines) is 1. The Morgan fingerprint density at radius 1 is 0.914 bits per heavy atom. The maximum atomic E-state index is 13.4. The standard InChI is InChI=1S/C28H29FN2O4/c1-28(2,3)35-27(33)31-17-24(19-8-5-4-6-9-19)25(18-31)26(32)30-21-10-7-11-23(16-21)34-22-14-12-20(29)13-15-22/h4-16,24-25H,17-18H2,1-3H3,(H,30,32)/t24-,25+/m0/s1. The van der Waals surface area contributed by atoms with E-state index < -0.39 is 17.6 Å². The van der Waals surface area contributed by atoms with Crippen LogP contribution in [0, 0.1) is 11.7 Å². The molecule has 7 heteroatoms. The Morgan fingerprint density at radius 2 is 1.63 bits per heavy atom. The molecule has 2 atom stereocenters.